The van der Waals surface area contributed by atoms with Gasteiger partial charge in [0.25, 0.3) is 0 Å². The molecule has 0 fully saturated rings. The highest BCUT2D eigenvalue weighted by Crippen LogP contribution is 2.23. The average Bonchev–Trinajstić information content (AvgIpc) is 2.85. The lowest BCUT2D eigenvalue weighted by Crippen LogP contribution is -2.06. The first-order valence-electron chi connectivity index (χ1n) is 5.98. The van der Waals surface area contributed by atoms with E-state index in [1.165, 1.54) is 0 Å². The van der Waals surface area contributed by atoms with Crippen molar-refractivity contribution in [3.05, 3.63) is 41.3 Å². The summed E-state index contributed by atoms with van der Waals surface area (Å²) >= 11 is 3.49. The Kier molecular flexibility index (Phi) is 3.16. The van der Waals surface area contributed by atoms with Crippen LogP contribution in [0.25, 0.3) is 16.9 Å². The summed E-state index contributed by atoms with van der Waals surface area (Å²) in [5.74, 6) is 1.39. The van der Waals surface area contributed by atoms with Crippen LogP contribution < -0.4 is 5.32 Å². The molecule has 0 aliphatic heterocycles. The van der Waals surface area contributed by atoms with E-state index in [-0.39, 0.29) is 0 Å². The molecule has 0 spiro atoms. The number of imidazole rings is 1. The molecule has 19 heavy (non-hydrogen) atoms. The lowest BCUT2D eigenvalue weighted by molar-refractivity contribution is 0.974. The molecule has 0 aliphatic carbocycles. The number of nitrogens with one attached hydrogen (secondary N) is 1. The van der Waals surface area contributed by atoms with Crippen molar-refractivity contribution in [1.29, 1.82) is 0 Å². The van der Waals surface area contributed by atoms with Crippen molar-refractivity contribution in [3.63, 3.8) is 0 Å². The van der Waals surface area contributed by atoms with Gasteiger partial charge in [0, 0.05) is 12.7 Å². The summed E-state index contributed by atoms with van der Waals surface area (Å²) in [6, 6.07) is 7.95. The zero-order chi connectivity index (χ0) is 13.2. The molecule has 0 amide bonds. The Morgan fingerprint density at radius 1 is 1.26 bits per heavy atom. The quantitative estimate of drug-likeness (QED) is 0.806. The molecule has 0 atom stereocenters. The first-order valence-corrected chi connectivity index (χ1v) is 6.77. The minimum atomic E-state index is 0.610. The third-order valence-corrected chi connectivity index (χ3v) is 3.30. The van der Waals surface area contributed by atoms with Crippen molar-refractivity contribution in [3.8, 4) is 5.82 Å². The number of benzene rings is 1. The SMILES string of the molecule is CCNc1ncc(Br)c(-n2cnc3ccccc32)n1. The molecule has 96 valence electrons. The Labute approximate surface area is 118 Å². The van der Waals surface area contributed by atoms with Crippen LogP contribution in [-0.2, 0) is 0 Å². The predicted molar refractivity (Wildman–Crippen MR) is 78.5 cm³/mol. The van der Waals surface area contributed by atoms with E-state index in [1.54, 1.807) is 12.5 Å². The summed E-state index contributed by atoms with van der Waals surface area (Å²) < 4.78 is 2.78. The first kappa shape index (κ1) is 12.1. The molecule has 1 aromatic carbocycles. The van der Waals surface area contributed by atoms with Gasteiger partial charge in [0.15, 0.2) is 5.82 Å². The van der Waals surface area contributed by atoms with Crippen LogP contribution in [0.3, 0.4) is 0 Å². The van der Waals surface area contributed by atoms with Gasteiger partial charge in [0.1, 0.15) is 6.33 Å². The van der Waals surface area contributed by atoms with Crippen LogP contribution in [0.5, 0.6) is 0 Å². The highest BCUT2D eigenvalue weighted by atomic mass is 79.9. The van der Waals surface area contributed by atoms with Gasteiger partial charge in [-0.05, 0) is 35.0 Å². The molecule has 2 heterocycles. The second kappa shape index (κ2) is 4.97. The van der Waals surface area contributed by atoms with Gasteiger partial charge < -0.3 is 5.32 Å². The van der Waals surface area contributed by atoms with Crippen LogP contribution in [-0.4, -0.2) is 26.1 Å². The smallest absolute Gasteiger partial charge is 0.224 e. The van der Waals surface area contributed by atoms with E-state index >= 15 is 0 Å². The van der Waals surface area contributed by atoms with Gasteiger partial charge in [-0.25, -0.2) is 9.97 Å². The molecule has 5 nitrogen and oxygen atoms in total. The normalized spacial score (nSPS) is 10.8. The van der Waals surface area contributed by atoms with E-state index in [0.29, 0.717) is 5.95 Å². The summed E-state index contributed by atoms with van der Waals surface area (Å²) in [7, 11) is 0. The minimum absolute atomic E-state index is 0.610. The lowest BCUT2D eigenvalue weighted by atomic mass is 10.3. The Morgan fingerprint density at radius 2 is 2.11 bits per heavy atom. The maximum Gasteiger partial charge on any atom is 0.224 e. The van der Waals surface area contributed by atoms with Crippen LogP contribution in [0.15, 0.2) is 41.3 Å². The molecule has 2 aromatic heterocycles. The Bertz CT molecular complexity index is 722. The number of nitrogens with zero attached hydrogens (tertiary/aromatic N) is 4. The van der Waals surface area contributed by atoms with Crippen LogP contribution in [0.4, 0.5) is 5.95 Å². The summed E-state index contributed by atoms with van der Waals surface area (Å²) in [6.07, 6.45) is 3.52. The Balaban J connectivity index is 2.17. The molecular formula is C13H12BrN5. The summed E-state index contributed by atoms with van der Waals surface area (Å²) in [5.41, 5.74) is 1.96. The highest BCUT2D eigenvalue weighted by Gasteiger charge is 2.10. The third kappa shape index (κ3) is 2.19. The molecule has 6 heteroatoms. The number of aromatic nitrogens is 4. The van der Waals surface area contributed by atoms with Gasteiger partial charge in [-0.15, -0.1) is 0 Å². The van der Waals surface area contributed by atoms with E-state index in [4.69, 9.17) is 0 Å². The fourth-order valence-electron chi connectivity index (χ4n) is 1.90. The maximum absolute atomic E-state index is 4.51. The first-order chi connectivity index (χ1) is 9.29. The molecule has 0 saturated heterocycles. The summed E-state index contributed by atoms with van der Waals surface area (Å²) in [5, 5.41) is 3.11. The van der Waals surface area contributed by atoms with Gasteiger partial charge in [0.2, 0.25) is 5.95 Å². The monoisotopic (exact) mass is 317 g/mol. The van der Waals surface area contributed by atoms with Gasteiger partial charge in [-0.1, -0.05) is 12.1 Å². The molecule has 0 saturated carbocycles. The van der Waals surface area contributed by atoms with E-state index < -0.39 is 0 Å². The van der Waals surface area contributed by atoms with Crippen molar-refractivity contribution >= 4 is 32.9 Å². The lowest BCUT2D eigenvalue weighted by Gasteiger charge is -2.08. The highest BCUT2D eigenvalue weighted by molar-refractivity contribution is 9.10. The molecule has 0 aliphatic rings. The van der Waals surface area contributed by atoms with E-state index in [2.05, 4.69) is 36.2 Å². The molecule has 1 N–H and O–H groups in total. The van der Waals surface area contributed by atoms with E-state index in [0.717, 1.165) is 27.9 Å². The topological polar surface area (TPSA) is 55.6 Å². The predicted octanol–water partition coefficient (Wildman–Crippen LogP) is 3.01. The second-order valence-electron chi connectivity index (χ2n) is 4.00. The summed E-state index contributed by atoms with van der Waals surface area (Å²) in [6.45, 7) is 2.80. The van der Waals surface area contributed by atoms with Crippen LogP contribution in [0, 0.1) is 0 Å². The van der Waals surface area contributed by atoms with Gasteiger partial charge >= 0.3 is 0 Å². The molecule has 0 unspecified atom stereocenters. The molecular weight excluding hydrogens is 306 g/mol. The van der Waals surface area contributed by atoms with Crippen molar-refractivity contribution in [2.45, 2.75) is 6.92 Å². The van der Waals surface area contributed by atoms with Crippen molar-refractivity contribution in [2.75, 3.05) is 11.9 Å². The summed E-state index contributed by atoms with van der Waals surface area (Å²) in [4.78, 5) is 13.1. The van der Waals surface area contributed by atoms with Gasteiger partial charge in [0.05, 0.1) is 15.5 Å². The fourth-order valence-corrected chi connectivity index (χ4v) is 2.28. The molecule has 3 rings (SSSR count). The molecule has 0 bridgehead atoms. The number of para-hydroxylation sites is 2. The van der Waals surface area contributed by atoms with Gasteiger partial charge in [-0.2, -0.15) is 4.98 Å². The van der Waals surface area contributed by atoms with Crippen LogP contribution >= 0.6 is 15.9 Å². The zero-order valence-corrected chi connectivity index (χ0v) is 11.9. The zero-order valence-electron chi connectivity index (χ0n) is 10.3. The Morgan fingerprint density at radius 3 is 2.95 bits per heavy atom. The standard InChI is InChI=1S/C13H12BrN5/c1-2-15-13-16-7-9(14)12(18-13)19-8-17-10-5-3-4-6-11(10)19/h3-8H,2H2,1H3,(H,15,16,18). The second-order valence-corrected chi connectivity index (χ2v) is 4.85. The number of fused-ring (bicyclic) bond motifs is 1. The number of rotatable bonds is 3. The van der Waals surface area contributed by atoms with Crippen molar-refractivity contribution in [2.24, 2.45) is 0 Å². The van der Waals surface area contributed by atoms with Gasteiger partial charge in [-0.3, -0.25) is 4.57 Å². The fraction of sp³-hybridized carbons (Fsp3) is 0.154. The number of halogens is 1. The number of anilines is 1. The Hall–Kier alpha value is -1.95. The van der Waals surface area contributed by atoms with E-state index in [1.807, 2.05) is 35.8 Å². The van der Waals surface area contributed by atoms with Crippen LogP contribution in [0.1, 0.15) is 6.92 Å². The molecule has 0 radical (unpaired) electrons. The maximum atomic E-state index is 4.51. The third-order valence-electron chi connectivity index (χ3n) is 2.74. The largest absolute Gasteiger partial charge is 0.354 e. The number of hydrogen-bond donors (Lipinski definition) is 1. The van der Waals surface area contributed by atoms with Crippen molar-refractivity contribution in [1.82, 2.24) is 19.5 Å². The average molecular weight is 318 g/mol. The van der Waals surface area contributed by atoms with Crippen molar-refractivity contribution < 1.29 is 0 Å². The van der Waals surface area contributed by atoms with Crippen LogP contribution in [0.2, 0.25) is 0 Å². The number of hydrogen-bond acceptors (Lipinski definition) is 4. The minimum Gasteiger partial charge on any atom is -0.354 e. The molecule has 3 aromatic rings. The van der Waals surface area contributed by atoms with E-state index in [9.17, 15) is 0 Å².